The fraction of sp³-hybridized carbons (Fsp3) is 0.909. The first-order valence-electron chi connectivity index (χ1n) is 5.64. The summed E-state index contributed by atoms with van der Waals surface area (Å²) in [7, 11) is 0. The zero-order chi connectivity index (χ0) is 10.6. The summed E-state index contributed by atoms with van der Waals surface area (Å²) in [6.07, 6.45) is 1.75. The maximum absolute atomic E-state index is 11.4. The first-order chi connectivity index (χ1) is 6.63. The van der Waals surface area contributed by atoms with Gasteiger partial charge in [-0.2, -0.15) is 0 Å². The minimum absolute atomic E-state index is 0.291. The molecular formula is C11H22N2O. The molecule has 1 heterocycles. The molecule has 3 heteroatoms. The van der Waals surface area contributed by atoms with E-state index in [9.17, 15) is 4.79 Å². The van der Waals surface area contributed by atoms with Gasteiger partial charge in [0.2, 0.25) is 5.91 Å². The van der Waals surface area contributed by atoms with Crippen molar-refractivity contribution in [2.75, 3.05) is 19.6 Å². The maximum atomic E-state index is 11.4. The molecule has 0 aromatic carbocycles. The van der Waals surface area contributed by atoms with Gasteiger partial charge in [-0.3, -0.25) is 4.79 Å². The predicted molar refractivity (Wildman–Crippen MR) is 58.1 cm³/mol. The summed E-state index contributed by atoms with van der Waals surface area (Å²) < 4.78 is 0. The van der Waals surface area contributed by atoms with Crippen LogP contribution in [0.1, 0.15) is 33.6 Å². The van der Waals surface area contributed by atoms with Gasteiger partial charge < -0.3 is 10.2 Å². The number of rotatable bonds is 4. The Morgan fingerprint density at radius 2 is 2.29 bits per heavy atom. The summed E-state index contributed by atoms with van der Waals surface area (Å²) >= 11 is 0. The molecule has 0 aromatic rings. The van der Waals surface area contributed by atoms with Crippen molar-refractivity contribution in [3.05, 3.63) is 0 Å². The Hall–Kier alpha value is -0.570. The SMILES string of the molecule is CCC(=O)N1CCC(NCC(C)C)C1. The molecule has 0 saturated carbocycles. The van der Waals surface area contributed by atoms with E-state index < -0.39 is 0 Å². The number of nitrogens with one attached hydrogen (secondary N) is 1. The van der Waals surface area contributed by atoms with Gasteiger partial charge in [0.15, 0.2) is 0 Å². The number of hydrogen-bond acceptors (Lipinski definition) is 2. The second-order valence-electron chi connectivity index (χ2n) is 4.48. The zero-order valence-corrected chi connectivity index (χ0v) is 9.55. The maximum Gasteiger partial charge on any atom is 0.222 e. The van der Waals surface area contributed by atoms with Crippen LogP contribution >= 0.6 is 0 Å². The molecule has 82 valence electrons. The zero-order valence-electron chi connectivity index (χ0n) is 9.55. The second-order valence-corrected chi connectivity index (χ2v) is 4.48. The van der Waals surface area contributed by atoms with Gasteiger partial charge in [0.1, 0.15) is 0 Å². The van der Waals surface area contributed by atoms with Crippen molar-refractivity contribution in [3.63, 3.8) is 0 Å². The molecule has 3 nitrogen and oxygen atoms in total. The Morgan fingerprint density at radius 1 is 1.57 bits per heavy atom. The number of likely N-dealkylation sites (tertiary alicyclic amines) is 1. The van der Waals surface area contributed by atoms with Gasteiger partial charge in [0, 0.05) is 25.6 Å². The Morgan fingerprint density at radius 3 is 2.86 bits per heavy atom. The van der Waals surface area contributed by atoms with Crippen LogP contribution < -0.4 is 5.32 Å². The fourth-order valence-corrected chi connectivity index (χ4v) is 1.78. The third-order valence-corrected chi connectivity index (χ3v) is 2.66. The summed E-state index contributed by atoms with van der Waals surface area (Å²) in [5, 5.41) is 3.50. The molecule has 0 bridgehead atoms. The van der Waals surface area contributed by atoms with Crippen molar-refractivity contribution in [2.24, 2.45) is 5.92 Å². The van der Waals surface area contributed by atoms with Crippen LogP contribution in [0.3, 0.4) is 0 Å². The average molecular weight is 198 g/mol. The Bertz CT molecular complexity index is 192. The molecule has 14 heavy (non-hydrogen) atoms. The van der Waals surface area contributed by atoms with Gasteiger partial charge in [-0.25, -0.2) is 0 Å². The largest absolute Gasteiger partial charge is 0.341 e. The van der Waals surface area contributed by atoms with Crippen LogP contribution in [0.2, 0.25) is 0 Å². The fourth-order valence-electron chi connectivity index (χ4n) is 1.78. The van der Waals surface area contributed by atoms with Crippen LogP contribution in [-0.2, 0) is 4.79 Å². The Labute approximate surface area is 86.9 Å². The molecule has 1 unspecified atom stereocenters. The average Bonchev–Trinajstić information content (AvgIpc) is 2.62. The molecule has 1 amide bonds. The van der Waals surface area contributed by atoms with E-state index in [-0.39, 0.29) is 0 Å². The summed E-state index contributed by atoms with van der Waals surface area (Å²) in [4.78, 5) is 13.4. The van der Waals surface area contributed by atoms with Gasteiger partial charge in [-0.05, 0) is 18.9 Å². The van der Waals surface area contributed by atoms with Crippen molar-refractivity contribution in [1.29, 1.82) is 0 Å². The van der Waals surface area contributed by atoms with E-state index in [4.69, 9.17) is 0 Å². The van der Waals surface area contributed by atoms with Crippen molar-refractivity contribution in [3.8, 4) is 0 Å². The quantitative estimate of drug-likeness (QED) is 0.737. The van der Waals surface area contributed by atoms with E-state index in [2.05, 4.69) is 19.2 Å². The predicted octanol–water partition coefficient (Wildman–Crippen LogP) is 1.24. The van der Waals surface area contributed by atoms with Crippen LogP contribution in [0.4, 0.5) is 0 Å². The minimum atomic E-state index is 0.291. The number of amides is 1. The van der Waals surface area contributed by atoms with Crippen LogP contribution in [0.5, 0.6) is 0 Å². The third-order valence-electron chi connectivity index (χ3n) is 2.66. The highest BCUT2D eigenvalue weighted by atomic mass is 16.2. The van der Waals surface area contributed by atoms with E-state index in [1.54, 1.807) is 0 Å². The molecule has 1 aliphatic rings. The second kappa shape index (κ2) is 5.35. The van der Waals surface area contributed by atoms with E-state index in [1.807, 2.05) is 11.8 Å². The molecule has 0 aliphatic carbocycles. The summed E-state index contributed by atoms with van der Waals surface area (Å²) in [5.74, 6) is 0.977. The van der Waals surface area contributed by atoms with Crippen molar-refractivity contribution >= 4 is 5.91 Å². The highest BCUT2D eigenvalue weighted by Crippen LogP contribution is 2.10. The standard InChI is InChI=1S/C11H22N2O/c1-4-11(14)13-6-5-10(8-13)12-7-9(2)3/h9-10,12H,4-8H2,1-3H3. The monoisotopic (exact) mass is 198 g/mol. The van der Waals surface area contributed by atoms with Crippen molar-refractivity contribution < 1.29 is 4.79 Å². The lowest BCUT2D eigenvalue weighted by Gasteiger charge is -2.17. The van der Waals surface area contributed by atoms with Crippen molar-refractivity contribution in [1.82, 2.24) is 10.2 Å². The summed E-state index contributed by atoms with van der Waals surface area (Å²) in [5.41, 5.74) is 0. The van der Waals surface area contributed by atoms with E-state index >= 15 is 0 Å². The molecule has 1 saturated heterocycles. The lowest BCUT2D eigenvalue weighted by Crippen LogP contribution is -2.36. The number of carbonyl (C=O) groups is 1. The van der Waals surface area contributed by atoms with E-state index in [1.165, 1.54) is 0 Å². The van der Waals surface area contributed by atoms with Crippen LogP contribution in [-0.4, -0.2) is 36.5 Å². The molecule has 1 fully saturated rings. The number of nitrogens with zero attached hydrogens (tertiary/aromatic N) is 1. The topological polar surface area (TPSA) is 32.3 Å². The van der Waals surface area contributed by atoms with Gasteiger partial charge in [0.05, 0.1) is 0 Å². The van der Waals surface area contributed by atoms with Gasteiger partial charge in [-0.15, -0.1) is 0 Å². The van der Waals surface area contributed by atoms with Gasteiger partial charge in [-0.1, -0.05) is 20.8 Å². The van der Waals surface area contributed by atoms with E-state index in [0.29, 0.717) is 24.3 Å². The van der Waals surface area contributed by atoms with Gasteiger partial charge >= 0.3 is 0 Å². The molecule has 1 aliphatic heterocycles. The highest BCUT2D eigenvalue weighted by Gasteiger charge is 2.24. The molecule has 1 rings (SSSR count). The molecule has 0 spiro atoms. The lowest BCUT2D eigenvalue weighted by molar-refractivity contribution is -0.129. The number of carbonyl (C=O) groups excluding carboxylic acids is 1. The molecule has 1 atom stereocenters. The molecule has 0 aromatic heterocycles. The Kier molecular flexibility index (Phi) is 4.39. The summed E-state index contributed by atoms with van der Waals surface area (Å²) in [6.45, 7) is 9.23. The van der Waals surface area contributed by atoms with E-state index in [0.717, 1.165) is 26.1 Å². The van der Waals surface area contributed by atoms with Gasteiger partial charge in [0.25, 0.3) is 0 Å². The van der Waals surface area contributed by atoms with Crippen LogP contribution in [0, 0.1) is 5.92 Å². The number of hydrogen-bond donors (Lipinski definition) is 1. The molecule has 1 N–H and O–H groups in total. The third kappa shape index (κ3) is 3.29. The lowest BCUT2D eigenvalue weighted by atomic mass is 10.2. The summed E-state index contributed by atoms with van der Waals surface area (Å²) in [6, 6.07) is 0.521. The molecule has 0 radical (unpaired) electrons. The Balaban J connectivity index is 2.23. The minimum Gasteiger partial charge on any atom is -0.341 e. The van der Waals surface area contributed by atoms with Crippen LogP contribution in [0.25, 0.3) is 0 Å². The smallest absolute Gasteiger partial charge is 0.222 e. The van der Waals surface area contributed by atoms with Crippen molar-refractivity contribution in [2.45, 2.75) is 39.7 Å². The molecular weight excluding hydrogens is 176 g/mol. The first kappa shape index (κ1) is 11.5. The first-order valence-corrected chi connectivity index (χ1v) is 5.64. The highest BCUT2D eigenvalue weighted by molar-refractivity contribution is 5.76. The van der Waals surface area contributed by atoms with Crippen LogP contribution in [0.15, 0.2) is 0 Å². The normalized spacial score (nSPS) is 22.0.